The van der Waals surface area contributed by atoms with Gasteiger partial charge in [-0.1, -0.05) is 12.8 Å². The highest BCUT2D eigenvalue weighted by Gasteiger charge is 2.24. The molecule has 0 aromatic carbocycles. The van der Waals surface area contributed by atoms with E-state index in [0.29, 0.717) is 12.1 Å². The van der Waals surface area contributed by atoms with Crippen LogP contribution in [0.15, 0.2) is 0 Å². The Kier molecular flexibility index (Phi) is 4.62. The average Bonchev–Trinajstić information content (AvgIpc) is 2.82. The molecule has 17 heavy (non-hydrogen) atoms. The molecule has 0 radical (unpaired) electrons. The molecule has 0 aromatic heterocycles. The molecule has 0 atom stereocenters. The van der Waals surface area contributed by atoms with Crippen LogP contribution in [0.25, 0.3) is 0 Å². The second-order valence-electron chi connectivity index (χ2n) is 5.58. The van der Waals surface area contributed by atoms with E-state index in [0.717, 1.165) is 5.11 Å². The van der Waals surface area contributed by atoms with Crippen molar-refractivity contribution in [3.8, 4) is 0 Å². The number of hydrogen-bond donors (Lipinski definition) is 1. The summed E-state index contributed by atoms with van der Waals surface area (Å²) in [7, 11) is 4.35. The highest BCUT2D eigenvalue weighted by molar-refractivity contribution is 7.80. The molecule has 0 amide bonds. The van der Waals surface area contributed by atoms with Gasteiger partial charge in [0.15, 0.2) is 5.11 Å². The van der Waals surface area contributed by atoms with Crippen LogP contribution < -0.4 is 5.32 Å². The Balaban J connectivity index is 1.77. The molecule has 3 nitrogen and oxygen atoms in total. The maximum atomic E-state index is 5.52. The monoisotopic (exact) mass is 255 g/mol. The van der Waals surface area contributed by atoms with Crippen molar-refractivity contribution in [3.63, 3.8) is 0 Å². The molecule has 2 fully saturated rings. The summed E-state index contributed by atoms with van der Waals surface area (Å²) >= 11 is 5.52. The van der Waals surface area contributed by atoms with Crippen molar-refractivity contribution in [2.75, 3.05) is 27.2 Å². The van der Waals surface area contributed by atoms with Crippen molar-refractivity contribution < 1.29 is 0 Å². The van der Waals surface area contributed by atoms with E-state index < -0.39 is 0 Å². The summed E-state index contributed by atoms with van der Waals surface area (Å²) in [6.07, 6.45) is 7.78. The van der Waals surface area contributed by atoms with Gasteiger partial charge in [-0.15, -0.1) is 0 Å². The quantitative estimate of drug-likeness (QED) is 0.759. The maximum absolute atomic E-state index is 5.52. The van der Waals surface area contributed by atoms with E-state index in [1.165, 1.54) is 51.6 Å². The third-order valence-corrected chi connectivity index (χ3v) is 4.64. The molecule has 1 saturated heterocycles. The standard InChI is InChI=1S/C13H25N3S/c1-15-9-7-12(8-10-15)16(2)13(17)14-11-5-3-4-6-11/h11-12H,3-10H2,1-2H3,(H,14,17). The van der Waals surface area contributed by atoms with E-state index in [9.17, 15) is 0 Å². The first-order valence-electron chi connectivity index (χ1n) is 6.88. The minimum atomic E-state index is 0.632. The third-order valence-electron chi connectivity index (χ3n) is 4.24. The highest BCUT2D eigenvalue weighted by atomic mass is 32.1. The third kappa shape index (κ3) is 3.55. The second-order valence-corrected chi connectivity index (χ2v) is 5.96. The van der Waals surface area contributed by atoms with Crippen LogP contribution in [0, 0.1) is 0 Å². The summed E-state index contributed by atoms with van der Waals surface area (Å²) in [5.41, 5.74) is 0. The van der Waals surface area contributed by atoms with Crippen molar-refractivity contribution in [2.45, 2.75) is 50.6 Å². The van der Waals surface area contributed by atoms with Crippen molar-refractivity contribution in [1.82, 2.24) is 15.1 Å². The van der Waals surface area contributed by atoms with Gasteiger partial charge in [0.2, 0.25) is 0 Å². The largest absolute Gasteiger partial charge is 0.360 e. The van der Waals surface area contributed by atoms with Crippen LogP contribution in [0.4, 0.5) is 0 Å². The van der Waals surface area contributed by atoms with E-state index >= 15 is 0 Å². The zero-order chi connectivity index (χ0) is 12.3. The molecule has 1 heterocycles. The van der Waals surface area contributed by atoms with E-state index in [4.69, 9.17) is 12.2 Å². The summed E-state index contributed by atoms with van der Waals surface area (Å²) < 4.78 is 0. The lowest BCUT2D eigenvalue weighted by Crippen LogP contribution is -2.49. The number of nitrogens with one attached hydrogen (secondary N) is 1. The van der Waals surface area contributed by atoms with Crippen LogP contribution in [-0.4, -0.2) is 54.2 Å². The molecule has 0 unspecified atom stereocenters. The van der Waals surface area contributed by atoms with Gasteiger partial charge in [0.1, 0.15) is 0 Å². The van der Waals surface area contributed by atoms with Gasteiger partial charge in [0.25, 0.3) is 0 Å². The van der Waals surface area contributed by atoms with Gasteiger partial charge in [-0.2, -0.15) is 0 Å². The molecule has 0 aromatic rings. The number of hydrogen-bond acceptors (Lipinski definition) is 2. The van der Waals surface area contributed by atoms with Crippen molar-refractivity contribution >= 4 is 17.3 Å². The smallest absolute Gasteiger partial charge is 0.169 e. The molecule has 4 heteroatoms. The number of thiocarbonyl (C=S) groups is 1. The van der Waals surface area contributed by atoms with Gasteiger partial charge in [-0.3, -0.25) is 0 Å². The minimum Gasteiger partial charge on any atom is -0.360 e. The Bertz CT molecular complexity index is 255. The van der Waals surface area contributed by atoms with Gasteiger partial charge in [0.05, 0.1) is 0 Å². The molecule has 0 spiro atoms. The lowest BCUT2D eigenvalue weighted by Gasteiger charge is -2.37. The molecule has 98 valence electrons. The molecular weight excluding hydrogens is 230 g/mol. The SMILES string of the molecule is CN1CCC(N(C)C(=S)NC2CCCC2)CC1. The fourth-order valence-electron chi connectivity index (χ4n) is 2.89. The zero-order valence-corrected chi connectivity index (χ0v) is 11.9. The van der Waals surface area contributed by atoms with Gasteiger partial charge in [0, 0.05) is 19.1 Å². The van der Waals surface area contributed by atoms with Gasteiger partial charge in [-0.25, -0.2) is 0 Å². The van der Waals surface area contributed by atoms with Crippen LogP contribution >= 0.6 is 12.2 Å². The number of piperidine rings is 1. The zero-order valence-electron chi connectivity index (χ0n) is 11.1. The predicted octanol–water partition coefficient (Wildman–Crippen LogP) is 1.83. The van der Waals surface area contributed by atoms with Crippen LogP contribution in [0.1, 0.15) is 38.5 Å². The first kappa shape index (κ1) is 13.1. The molecule has 0 bridgehead atoms. The van der Waals surface area contributed by atoms with E-state index in [1.54, 1.807) is 0 Å². The first-order chi connectivity index (χ1) is 8.16. The highest BCUT2D eigenvalue weighted by Crippen LogP contribution is 2.19. The number of rotatable bonds is 2. The summed E-state index contributed by atoms with van der Waals surface area (Å²) in [4.78, 5) is 4.69. The fraction of sp³-hybridized carbons (Fsp3) is 0.923. The summed E-state index contributed by atoms with van der Waals surface area (Å²) in [5, 5.41) is 4.50. The number of likely N-dealkylation sites (tertiary alicyclic amines) is 1. The fourth-order valence-corrected chi connectivity index (χ4v) is 3.21. The van der Waals surface area contributed by atoms with Crippen molar-refractivity contribution in [3.05, 3.63) is 0 Å². The second kappa shape index (κ2) is 6.01. The topological polar surface area (TPSA) is 18.5 Å². The molecular formula is C13H25N3S. The van der Waals surface area contributed by atoms with Crippen LogP contribution in [-0.2, 0) is 0 Å². The van der Waals surface area contributed by atoms with Crippen molar-refractivity contribution in [1.29, 1.82) is 0 Å². The lowest BCUT2D eigenvalue weighted by atomic mass is 10.0. The minimum absolute atomic E-state index is 0.632. The Morgan fingerprint density at radius 1 is 1.18 bits per heavy atom. The Morgan fingerprint density at radius 2 is 1.76 bits per heavy atom. The predicted molar refractivity (Wildman–Crippen MR) is 76.3 cm³/mol. The molecule has 2 rings (SSSR count). The molecule has 2 aliphatic rings. The van der Waals surface area contributed by atoms with Crippen molar-refractivity contribution in [2.24, 2.45) is 0 Å². The molecule has 1 N–H and O–H groups in total. The summed E-state index contributed by atoms with van der Waals surface area (Å²) in [6.45, 7) is 2.39. The van der Waals surface area contributed by atoms with Crippen LogP contribution in [0.5, 0.6) is 0 Å². The van der Waals surface area contributed by atoms with E-state index in [2.05, 4.69) is 29.2 Å². The normalized spacial score (nSPS) is 23.9. The van der Waals surface area contributed by atoms with Gasteiger partial charge >= 0.3 is 0 Å². The lowest BCUT2D eigenvalue weighted by molar-refractivity contribution is 0.190. The van der Waals surface area contributed by atoms with E-state index in [1.807, 2.05) is 0 Å². The number of nitrogens with zero attached hydrogens (tertiary/aromatic N) is 2. The maximum Gasteiger partial charge on any atom is 0.169 e. The summed E-state index contributed by atoms with van der Waals surface area (Å²) in [5.74, 6) is 0. The van der Waals surface area contributed by atoms with E-state index in [-0.39, 0.29) is 0 Å². The average molecular weight is 255 g/mol. The van der Waals surface area contributed by atoms with Crippen LogP contribution in [0.3, 0.4) is 0 Å². The first-order valence-corrected chi connectivity index (χ1v) is 7.29. The summed E-state index contributed by atoms with van der Waals surface area (Å²) in [6, 6.07) is 1.27. The Hall–Kier alpha value is -0.350. The Labute approximate surface area is 111 Å². The molecule has 1 aliphatic carbocycles. The van der Waals surface area contributed by atoms with Crippen LogP contribution in [0.2, 0.25) is 0 Å². The van der Waals surface area contributed by atoms with Gasteiger partial charge in [-0.05, 0) is 58.0 Å². The Morgan fingerprint density at radius 3 is 2.35 bits per heavy atom. The molecule has 1 saturated carbocycles. The molecule has 1 aliphatic heterocycles. The van der Waals surface area contributed by atoms with Gasteiger partial charge < -0.3 is 15.1 Å².